The number of β-amino-alcohol motifs (C(OH)–C–C–N with tert-alkyl or cyclic N) is 1. The summed E-state index contributed by atoms with van der Waals surface area (Å²) in [6.07, 6.45) is 1.47. The minimum atomic E-state index is -0.333. The SMILES string of the molecule is Cc1ccc2[nH]c(=O)c(C=NCCN3CCN(CCO)CC3)c(O)c2c1. The highest BCUT2D eigenvalue weighted by Gasteiger charge is 2.15. The van der Waals surface area contributed by atoms with Gasteiger partial charge in [-0.3, -0.25) is 19.6 Å². The molecule has 0 amide bonds. The number of hydrogen-bond acceptors (Lipinski definition) is 6. The lowest BCUT2D eigenvalue weighted by atomic mass is 10.1. The van der Waals surface area contributed by atoms with Crippen molar-refractivity contribution in [1.82, 2.24) is 14.8 Å². The zero-order chi connectivity index (χ0) is 18.5. The standard InChI is InChI=1S/C19H26N4O3/c1-14-2-3-17-15(12-14)18(25)16(19(26)21-17)13-20-4-5-22-6-8-23(9-7-22)10-11-24/h2-3,12-13,24H,4-11H2,1H3,(H2,21,25,26). The average Bonchev–Trinajstić information content (AvgIpc) is 2.63. The van der Waals surface area contributed by atoms with E-state index in [4.69, 9.17) is 5.11 Å². The zero-order valence-electron chi connectivity index (χ0n) is 15.1. The number of H-pyrrole nitrogens is 1. The molecule has 2 aromatic rings. The Hall–Kier alpha value is -2.22. The van der Waals surface area contributed by atoms with Gasteiger partial charge < -0.3 is 15.2 Å². The summed E-state index contributed by atoms with van der Waals surface area (Å²) in [6, 6.07) is 5.54. The van der Waals surface area contributed by atoms with Crippen molar-refractivity contribution in [1.29, 1.82) is 0 Å². The first kappa shape index (κ1) is 18.6. The quantitative estimate of drug-likeness (QED) is 0.657. The van der Waals surface area contributed by atoms with Crippen LogP contribution in [0.3, 0.4) is 0 Å². The number of aromatic amines is 1. The molecule has 3 rings (SSSR count). The van der Waals surface area contributed by atoms with E-state index in [-0.39, 0.29) is 23.5 Å². The number of nitrogens with zero attached hydrogens (tertiary/aromatic N) is 3. The Bertz CT molecular complexity index is 839. The van der Waals surface area contributed by atoms with Crippen molar-refractivity contribution in [3.63, 3.8) is 0 Å². The van der Waals surface area contributed by atoms with E-state index < -0.39 is 0 Å². The van der Waals surface area contributed by atoms with Crippen molar-refractivity contribution in [2.45, 2.75) is 6.92 Å². The Morgan fingerprint density at radius 2 is 1.88 bits per heavy atom. The van der Waals surface area contributed by atoms with Gasteiger partial charge >= 0.3 is 0 Å². The molecule has 3 N–H and O–H groups in total. The maximum atomic E-state index is 12.2. The molecule has 7 nitrogen and oxygen atoms in total. The van der Waals surface area contributed by atoms with Crippen molar-refractivity contribution >= 4 is 17.1 Å². The van der Waals surface area contributed by atoms with Gasteiger partial charge in [-0.2, -0.15) is 0 Å². The molecule has 1 aromatic heterocycles. The Kier molecular flexibility index (Phi) is 6.03. The minimum Gasteiger partial charge on any atom is -0.506 e. The summed E-state index contributed by atoms with van der Waals surface area (Å²) in [7, 11) is 0. The molecule has 0 aliphatic carbocycles. The number of hydrogen-bond donors (Lipinski definition) is 3. The van der Waals surface area contributed by atoms with Gasteiger partial charge in [0.15, 0.2) is 0 Å². The van der Waals surface area contributed by atoms with E-state index >= 15 is 0 Å². The predicted molar refractivity (Wildman–Crippen MR) is 103 cm³/mol. The molecular formula is C19H26N4O3. The minimum absolute atomic E-state index is 0.0196. The summed E-state index contributed by atoms with van der Waals surface area (Å²) in [5.74, 6) is -0.0196. The summed E-state index contributed by atoms with van der Waals surface area (Å²) in [6.45, 7) is 8.08. The number of nitrogens with one attached hydrogen (secondary N) is 1. The Balaban J connectivity index is 1.61. The number of aliphatic hydroxyl groups is 1. The van der Waals surface area contributed by atoms with Crippen LogP contribution in [0, 0.1) is 6.92 Å². The first-order valence-corrected chi connectivity index (χ1v) is 8.99. The summed E-state index contributed by atoms with van der Waals surface area (Å²) < 4.78 is 0. The lowest BCUT2D eigenvalue weighted by molar-refractivity contribution is 0.115. The predicted octanol–water partition coefficient (Wildman–Crippen LogP) is 0.571. The number of aliphatic imine (C=N–C) groups is 1. The van der Waals surface area contributed by atoms with Crippen molar-refractivity contribution in [3.05, 3.63) is 39.7 Å². The van der Waals surface area contributed by atoms with Gasteiger partial charge in [0.05, 0.1) is 24.2 Å². The number of piperazine rings is 1. The lowest BCUT2D eigenvalue weighted by Gasteiger charge is -2.33. The second-order valence-corrected chi connectivity index (χ2v) is 6.71. The largest absolute Gasteiger partial charge is 0.506 e. The highest BCUT2D eigenvalue weighted by molar-refractivity contribution is 5.94. The van der Waals surface area contributed by atoms with Crippen molar-refractivity contribution in [2.75, 3.05) is 52.4 Å². The molecule has 0 spiro atoms. The summed E-state index contributed by atoms with van der Waals surface area (Å²) in [5, 5.41) is 20.0. The maximum absolute atomic E-state index is 12.2. The van der Waals surface area contributed by atoms with Crippen LogP contribution in [0.15, 0.2) is 28.0 Å². The summed E-state index contributed by atoms with van der Waals surface area (Å²) in [4.78, 5) is 23.9. The van der Waals surface area contributed by atoms with Gasteiger partial charge in [0.1, 0.15) is 5.75 Å². The molecule has 26 heavy (non-hydrogen) atoms. The van der Waals surface area contributed by atoms with Gasteiger partial charge in [-0.05, 0) is 19.1 Å². The van der Waals surface area contributed by atoms with Crippen LogP contribution in [0.25, 0.3) is 10.9 Å². The van der Waals surface area contributed by atoms with Crippen molar-refractivity contribution < 1.29 is 10.2 Å². The zero-order valence-corrected chi connectivity index (χ0v) is 15.1. The smallest absolute Gasteiger partial charge is 0.261 e. The number of aryl methyl sites for hydroxylation is 1. The molecule has 0 bridgehead atoms. The van der Waals surface area contributed by atoms with Crippen LogP contribution in [0.1, 0.15) is 11.1 Å². The highest BCUT2D eigenvalue weighted by atomic mass is 16.3. The Labute approximate surface area is 152 Å². The molecule has 1 aliphatic rings. The van der Waals surface area contributed by atoms with E-state index in [1.54, 1.807) is 6.07 Å². The molecule has 1 aromatic carbocycles. The fraction of sp³-hybridized carbons (Fsp3) is 0.474. The number of aromatic nitrogens is 1. The van der Waals surface area contributed by atoms with Gasteiger partial charge in [0.2, 0.25) is 0 Å². The lowest BCUT2D eigenvalue weighted by Crippen LogP contribution is -2.47. The second kappa shape index (κ2) is 8.44. The molecule has 7 heteroatoms. The van der Waals surface area contributed by atoms with E-state index in [1.165, 1.54) is 6.21 Å². The maximum Gasteiger partial charge on any atom is 0.261 e. The third-order valence-corrected chi connectivity index (χ3v) is 4.82. The monoisotopic (exact) mass is 358 g/mol. The molecule has 1 saturated heterocycles. The number of fused-ring (bicyclic) bond motifs is 1. The summed E-state index contributed by atoms with van der Waals surface area (Å²) >= 11 is 0. The van der Waals surface area contributed by atoms with Crippen LogP contribution < -0.4 is 5.56 Å². The Morgan fingerprint density at radius 3 is 2.58 bits per heavy atom. The van der Waals surface area contributed by atoms with E-state index in [9.17, 15) is 9.90 Å². The van der Waals surface area contributed by atoms with E-state index in [2.05, 4.69) is 19.8 Å². The van der Waals surface area contributed by atoms with Crippen LogP contribution in [-0.4, -0.2) is 83.6 Å². The Morgan fingerprint density at radius 1 is 1.19 bits per heavy atom. The third kappa shape index (κ3) is 4.30. The van der Waals surface area contributed by atoms with Gasteiger partial charge in [-0.1, -0.05) is 11.6 Å². The molecule has 1 aliphatic heterocycles. The fourth-order valence-corrected chi connectivity index (χ4v) is 3.26. The first-order valence-electron chi connectivity index (χ1n) is 8.99. The molecule has 0 unspecified atom stereocenters. The van der Waals surface area contributed by atoms with E-state index in [0.717, 1.165) is 44.8 Å². The number of rotatable bonds is 6. The second-order valence-electron chi connectivity index (χ2n) is 6.71. The number of pyridine rings is 1. The number of benzene rings is 1. The van der Waals surface area contributed by atoms with Crippen LogP contribution >= 0.6 is 0 Å². The number of aliphatic hydroxyl groups excluding tert-OH is 1. The van der Waals surface area contributed by atoms with Gasteiger partial charge in [-0.15, -0.1) is 0 Å². The molecule has 2 heterocycles. The van der Waals surface area contributed by atoms with E-state index in [0.29, 0.717) is 17.4 Å². The van der Waals surface area contributed by atoms with Crippen LogP contribution in [0.2, 0.25) is 0 Å². The summed E-state index contributed by atoms with van der Waals surface area (Å²) in [5.41, 5.74) is 1.51. The molecule has 1 fully saturated rings. The van der Waals surface area contributed by atoms with Crippen molar-refractivity contribution in [3.8, 4) is 5.75 Å². The molecule has 140 valence electrons. The average molecular weight is 358 g/mol. The van der Waals surface area contributed by atoms with Gasteiger partial charge in [-0.25, -0.2) is 0 Å². The van der Waals surface area contributed by atoms with Crippen LogP contribution in [0.4, 0.5) is 0 Å². The highest BCUT2D eigenvalue weighted by Crippen LogP contribution is 2.24. The molecule has 0 radical (unpaired) electrons. The van der Waals surface area contributed by atoms with Crippen LogP contribution in [0.5, 0.6) is 5.75 Å². The van der Waals surface area contributed by atoms with Gasteiger partial charge in [0.25, 0.3) is 5.56 Å². The van der Waals surface area contributed by atoms with Gasteiger partial charge in [0, 0.05) is 50.9 Å². The third-order valence-electron chi connectivity index (χ3n) is 4.82. The fourth-order valence-electron chi connectivity index (χ4n) is 3.26. The normalized spacial score (nSPS) is 16.7. The molecule has 0 atom stereocenters. The van der Waals surface area contributed by atoms with E-state index in [1.807, 2.05) is 19.1 Å². The topological polar surface area (TPSA) is 92.2 Å². The van der Waals surface area contributed by atoms with Crippen molar-refractivity contribution in [2.24, 2.45) is 4.99 Å². The molecule has 0 saturated carbocycles. The number of aromatic hydroxyl groups is 1. The van der Waals surface area contributed by atoms with Crippen LogP contribution in [-0.2, 0) is 0 Å². The first-order chi connectivity index (χ1) is 12.6. The molecular weight excluding hydrogens is 332 g/mol.